The van der Waals surface area contributed by atoms with Crippen molar-refractivity contribution in [3.8, 4) is 11.3 Å². The SMILES string of the molecule is O=C(c1cc(-c2ccccc2)nc2cc(F)ccc12)N1CCn2c(nnc2C(F)(F)F)C1. The first-order chi connectivity index (χ1) is 15.3. The van der Waals surface area contributed by atoms with Crippen LogP contribution in [0.5, 0.6) is 0 Å². The van der Waals surface area contributed by atoms with Gasteiger partial charge in [0.15, 0.2) is 5.82 Å². The molecule has 0 radical (unpaired) electrons. The summed E-state index contributed by atoms with van der Waals surface area (Å²) in [6, 6.07) is 14.7. The number of hydrogen-bond donors (Lipinski definition) is 0. The largest absolute Gasteiger partial charge is 0.451 e. The van der Waals surface area contributed by atoms with Crippen molar-refractivity contribution in [2.45, 2.75) is 19.3 Å². The Balaban J connectivity index is 1.56. The number of rotatable bonds is 2. The third-order valence-corrected chi connectivity index (χ3v) is 5.37. The van der Waals surface area contributed by atoms with Crippen molar-refractivity contribution in [2.24, 2.45) is 0 Å². The minimum atomic E-state index is -4.62. The zero-order valence-corrected chi connectivity index (χ0v) is 16.5. The Kier molecular flexibility index (Phi) is 4.65. The van der Waals surface area contributed by atoms with Crippen LogP contribution in [0.25, 0.3) is 22.2 Å². The number of alkyl halides is 3. The number of benzene rings is 2. The molecule has 6 nitrogen and oxygen atoms in total. The van der Waals surface area contributed by atoms with Crippen LogP contribution in [-0.4, -0.2) is 37.1 Å². The van der Waals surface area contributed by atoms with Gasteiger partial charge in [-0.05, 0) is 18.2 Å². The van der Waals surface area contributed by atoms with Crippen LogP contribution in [0.1, 0.15) is 22.0 Å². The van der Waals surface area contributed by atoms with E-state index in [1.54, 1.807) is 6.07 Å². The van der Waals surface area contributed by atoms with Crippen molar-refractivity contribution in [3.63, 3.8) is 0 Å². The molecule has 4 aromatic rings. The van der Waals surface area contributed by atoms with Gasteiger partial charge in [0, 0.05) is 30.1 Å². The van der Waals surface area contributed by atoms with Crippen LogP contribution >= 0.6 is 0 Å². The number of carbonyl (C=O) groups is 1. The number of aromatic nitrogens is 4. The van der Waals surface area contributed by atoms with Crippen molar-refractivity contribution in [2.75, 3.05) is 6.54 Å². The van der Waals surface area contributed by atoms with E-state index in [4.69, 9.17) is 0 Å². The number of amides is 1. The molecule has 0 bridgehead atoms. The summed E-state index contributed by atoms with van der Waals surface area (Å²) in [5, 5.41) is 7.33. The fourth-order valence-electron chi connectivity index (χ4n) is 3.85. The van der Waals surface area contributed by atoms with Crippen LogP contribution in [0, 0.1) is 5.82 Å². The van der Waals surface area contributed by atoms with E-state index >= 15 is 0 Å². The van der Waals surface area contributed by atoms with Crippen LogP contribution in [0.4, 0.5) is 17.6 Å². The van der Waals surface area contributed by atoms with Gasteiger partial charge in [-0.2, -0.15) is 13.2 Å². The van der Waals surface area contributed by atoms with Gasteiger partial charge in [-0.15, -0.1) is 10.2 Å². The predicted octanol–water partition coefficient (Wildman–Crippen LogP) is 4.31. The molecule has 1 aliphatic rings. The Morgan fingerprint density at radius 2 is 1.75 bits per heavy atom. The van der Waals surface area contributed by atoms with Gasteiger partial charge in [0.2, 0.25) is 5.82 Å². The third kappa shape index (κ3) is 3.47. The molecular weight excluding hydrogens is 426 g/mol. The van der Waals surface area contributed by atoms with E-state index < -0.39 is 23.7 Å². The number of nitrogens with zero attached hydrogens (tertiary/aromatic N) is 5. The summed E-state index contributed by atoms with van der Waals surface area (Å²) < 4.78 is 54.2. The van der Waals surface area contributed by atoms with E-state index in [9.17, 15) is 22.4 Å². The summed E-state index contributed by atoms with van der Waals surface area (Å²) in [4.78, 5) is 19.3. The molecule has 0 aliphatic carbocycles. The third-order valence-electron chi connectivity index (χ3n) is 5.37. The quantitative estimate of drug-likeness (QED) is 0.435. The molecule has 32 heavy (non-hydrogen) atoms. The Hall–Kier alpha value is -3.82. The standard InChI is InChI=1S/C22H15F4N5O/c23-14-6-7-15-16(11-17(27-18(15)10-14)13-4-2-1-3-5-13)20(32)30-8-9-31-19(12-30)28-29-21(31)22(24,25)26/h1-7,10-11H,8-9,12H2. The van der Waals surface area contributed by atoms with Crippen molar-refractivity contribution < 1.29 is 22.4 Å². The normalized spacial score (nSPS) is 13.9. The molecule has 162 valence electrons. The van der Waals surface area contributed by atoms with E-state index in [-0.39, 0.29) is 31.0 Å². The average molecular weight is 441 g/mol. The summed E-state index contributed by atoms with van der Waals surface area (Å²) in [6.07, 6.45) is -4.62. The maximum atomic E-state index is 13.9. The minimum absolute atomic E-state index is 0.0542. The van der Waals surface area contributed by atoms with Gasteiger partial charge in [-0.1, -0.05) is 30.3 Å². The van der Waals surface area contributed by atoms with E-state index in [2.05, 4.69) is 15.2 Å². The highest BCUT2D eigenvalue weighted by atomic mass is 19.4. The lowest BCUT2D eigenvalue weighted by atomic mass is 10.0. The first kappa shape index (κ1) is 20.1. The lowest BCUT2D eigenvalue weighted by molar-refractivity contribution is -0.147. The minimum Gasteiger partial charge on any atom is -0.329 e. The number of pyridine rings is 1. The summed E-state index contributed by atoms with van der Waals surface area (Å²) in [5.41, 5.74) is 1.85. The molecule has 0 saturated carbocycles. The van der Waals surface area contributed by atoms with E-state index in [1.165, 1.54) is 23.1 Å². The van der Waals surface area contributed by atoms with Gasteiger partial charge in [0.25, 0.3) is 5.91 Å². The van der Waals surface area contributed by atoms with Gasteiger partial charge in [-0.25, -0.2) is 9.37 Å². The lowest BCUT2D eigenvalue weighted by Crippen LogP contribution is -2.39. The highest BCUT2D eigenvalue weighted by molar-refractivity contribution is 6.07. The smallest absolute Gasteiger partial charge is 0.329 e. The van der Waals surface area contributed by atoms with Crippen LogP contribution in [0.2, 0.25) is 0 Å². The molecule has 10 heteroatoms. The monoisotopic (exact) mass is 441 g/mol. The molecule has 1 aliphatic heterocycles. The Morgan fingerprint density at radius 3 is 2.50 bits per heavy atom. The fourth-order valence-corrected chi connectivity index (χ4v) is 3.85. The van der Waals surface area contributed by atoms with Crippen molar-refractivity contribution >= 4 is 16.8 Å². The summed E-state index contributed by atoms with van der Waals surface area (Å²) in [6.45, 7) is -0.141. The molecule has 0 saturated heterocycles. The van der Waals surface area contributed by atoms with Crippen LogP contribution in [-0.2, 0) is 19.3 Å². The molecule has 3 heterocycles. The Morgan fingerprint density at radius 1 is 0.969 bits per heavy atom. The topological polar surface area (TPSA) is 63.9 Å². The molecule has 2 aromatic carbocycles. The molecule has 2 aromatic heterocycles. The Bertz CT molecular complexity index is 1330. The van der Waals surface area contributed by atoms with E-state index in [1.807, 2.05) is 30.3 Å². The van der Waals surface area contributed by atoms with Gasteiger partial charge in [0.05, 0.1) is 23.3 Å². The zero-order chi connectivity index (χ0) is 22.5. The van der Waals surface area contributed by atoms with Crippen LogP contribution in [0.15, 0.2) is 54.6 Å². The van der Waals surface area contributed by atoms with Crippen LogP contribution < -0.4 is 0 Å². The molecule has 0 spiro atoms. The first-order valence-corrected chi connectivity index (χ1v) is 9.75. The second-order valence-corrected chi connectivity index (χ2v) is 7.40. The molecule has 0 atom stereocenters. The number of carbonyl (C=O) groups excluding carboxylic acids is 1. The number of hydrogen-bond acceptors (Lipinski definition) is 4. The lowest BCUT2D eigenvalue weighted by Gasteiger charge is -2.28. The maximum Gasteiger partial charge on any atom is 0.451 e. The number of fused-ring (bicyclic) bond motifs is 2. The molecule has 0 fully saturated rings. The summed E-state index contributed by atoms with van der Waals surface area (Å²) in [5.74, 6) is -1.90. The zero-order valence-electron chi connectivity index (χ0n) is 16.5. The molecule has 1 amide bonds. The predicted molar refractivity (Wildman–Crippen MR) is 107 cm³/mol. The van der Waals surface area contributed by atoms with Gasteiger partial charge in [-0.3, -0.25) is 4.79 Å². The highest BCUT2D eigenvalue weighted by Gasteiger charge is 2.40. The van der Waals surface area contributed by atoms with Crippen LogP contribution in [0.3, 0.4) is 0 Å². The molecule has 0 N–H and O–H groups in total. The van der Waals surface area contributed by atoms with Crippen molar-refractivity contribution in [1.82, 2.24) is 24.6 Å². The van der Waals surface area contributed by atoms with Gasteiger partial charge >= 0.3 is 6.18 Å². The molecule has 0 unspecified atom stereocenters. The second-order valence-electron chi connectivity index (χ2n) is 7.40. The van der Waals surface area contributed by atoms with E-state index in [0.717, 1.165) is 10.1 Å². The first-order valence-electron chi connectivity index (χ1n) is 9.75. The van der Waals surface area contributed by atoms with Gasteiger partial charge in [0.1, 0.15) is 5.82 Å². The molecular formula is C22H15F4N5O. The van der Waals surface area contributed by atoms with Crippen molar-refractivity contribution in [1.29, 1.82) is 0 Å². The summed E-state index contributed by atoms with van der Waals surface area (Å²) in [7, 11) is 0. The number of halogens is 4. The second kappa shape index (κ2) is 7.40. The Labute approximate surface area is 179 Å². The highest BCUT2D eigenvalue weighted by Crippen LogP contribution is 2.31. The van der Waals surface area contributed by atoms with Gasteiger partial charge < -0.3 is 9.47 Å². The fraction of sp³-hybridized carbons (Fsp3) is 0.182. The summed E-state index contributed by atoms with van der Waals surface area (Å²) >= 11 is 0. The van der Waals surface area contributed by atoms with E-state index in [0.29, 0.717) is 16.6 Å². The maximum absolute atomic E-state index is 13.9. The van der Waals surface area contributed by atoms with Crippen molar-refractivity contribution in [3.05, 3.63) is 77.6 Å². The average Bonchev–Trinajstić information content (AvgIpc) is 3.22. The molecule has 5 rings (SSSR count).